The Kier molecular flexibility index (Phi) is 8.87. The highest BCUT2D eigenvalue weighted by molar-refractivity contribution is 14.2. The molecule has 3 nitrogen and oxygen atoms in total. The summed E-state index contributed by atoms with van der Waals surface area (Å²) in [5.41, 5.74) is 0.132. The van der Waals surface area contributed by atoms with Crippen LogP contribution in [0.15, 0.2) is 30.3 Å². The van der Waals surface area contributed by atoms with Gasteiger partial charge in [0.2, 0.25) is 0 Å². The first kappa shape index (κ1) is 24.5. The van der Waals surface area contributed by atoms with Crippen LogP contribution in [0.3, 0.4) is 0 Å². The molecule has 3 rings (SSSR count). The SMILES string of the molecule is CC.CC1CC1C(COSI)c1cc(C(C)(C)O)c(F)c(-c2ccc(F)cc2)n1. The van der Waals surface area contributed by atoms with E-state index < -0.39 is 17.2 Å². The zero-order valence-electron chi connectivity index (χ0n) is 17.4. The van der Waals surface area contributed by atoms with Crippen LogP contribution in [-0.2, 0) is 9.78 Å². The molecule has 3 unspecified atom stereocenters. The van der Waals surface area contributed by atoms with E-state index in [1.165, 1.54) is 33.5 Å². The Morgan fingerprint density at radius 3 is 2.34 bits per heavy atom. The van der Waals surface area contributed by atoms with Crippen molar-refractivity contribution in [2.45, 2.75) is 52.6 Å². The van der Waals surface area contributed by atoms with Crippen molar-refractivity contribution in [3.63, 3.8) is 0 Å². The van der Waals surface area contributed by atoms with Gasteiger partial charge >= 0.3 is 0 Å². The van der Waals surface area contributed by atoms with Gasteiger partial charge < -0.3 is 9.29 Å². The third kappa shape index (κ3) is 6.12. The van der Waals surface area contributed by atoms with E-state index in [2.05, 4.69) is 33.1 Å². The average Bonchev–Trinajstić information content (AvgIpc) is 3.40. The molecule has 1 N–H and O–H groups in total. The number of pyridine rings is 1. The lowest BCUT2D eigenvalue weighted by Gasteiger charge is -2.24. The average molecular weight is 535 g/mol. The molecular formula is C22H28F2INO2S. The summed E-state index contributed by atoms with van der Waals surface area (Å²) in [4.78, 5) is 4.60. The Bertz CT molecular complexity index is 812. The number of benzene rings is 1. The molecule has 7 heteroatoms. The van der Waals surface area contributed by atoms with Crippen LogP contribution in [0.2, 0.25) is 0 Å². The van der Waals surface area contributed by atoms with Crippen molar-refractivity contribution in [2.24, 2.45) is 11.8 Å². The van der Waals surface area contributed by atoms with Gasteiger partial charge in [-0.15, -0.1) is 0 Å². The standard InChI is InChI=1S/C20H22F2INO2S.C2H6/c1-11-8-14(11)15(10-26-27-23)17-9-16(20(2,3)25)18(22)19(24-17)12-4-6-13(21)7-5-12;1-2/h4-7,9,11,14-15,25H,8,10H2,1-3H3;1-2H3. The van der Waals surface area contributed by atoms with Gasteiger partial charge in [0.25, 0.3) is 0 Å². The first-order valence-corrected chi connectivity index (χ1v) is 13.1. The molecule has 2 aromatic rings. The highest BCUT2D eigenvalue weighted by Crippen LogP contribution is 2.49. The van der Waals surface area contributed by atoms with Crippen LogP contribution in [-0.4, -0.2) is 16.7 Å². The third-order valence-corrected chi connectivity index (χ3v) is 6.10. The van der Waals surface area contributed by atoms with Crippen molar-refractivity contribution in [1.29, 1.82) is 0 Å². The smallest absolute Gasteiger partial charge is 0.155 e. The first-order valence-electron chi connectivity index (χ1n) is 9.81. The van der Waals surface area contributed by atoms with Crippen molar-refractivity contribution >= 4 is 30.4 Å². The van der Waals surface area contributed by atoms with Crippen LogP contribution in [0.25, 0.3) is 11.3 Å². The summed E-state index contributed by atoms with van der Waals surface area (Å²) < 4.78 is 34.1. The Hall–Kier alpha value is -0.770. The maximum absolute atomic E-state index is 15.2. The number of rotatable bonds is 7. The van der Waals surface area contributed by atoms with E-state index in [9.17, 15) is 9.50 Å². The zero-order chi connectivity index (χ0) is 21.8. The molecule has 0 amide bonds. The van der Waals surface area contributed by atoms with Gasteiger partial charge in [0, 0.05) is 43.9 Å². The van der Waals surface area contributed by atoms with E-state index in [1.54, 1.807) is 19.9 Å². The van der Waals surface area contributed by atoms with Crippen LogP contribution in [0, 0.1) is 23.5 Å². The quantitative estimate of drug-likeness (QED) is 0.305. The third-order valence-electron chi connectivity index (χ3n) is 5.11. The Morgan fingerprint density at radius 1 is 1.28 bits per heavy atom. The fraction of sp³-hybridized carbons (Fsp3) is 0.500. The predicted octanol–water partition coefficient (Wildman–Crippen LogP) is 7.03. The summed E-state index contributed by atoms with van der Waals surface area (Å²) in [7, 11) is 1.26. The van der Waals surface area contributed by atoms with Gasteiger partial charge in [-0.25, -0.2) is 13.8 Å². The number of hydrogen-bond acceptors (Lipinski definition) is 4. The van der Waals surface area contributed by atoms with E-state index in [1.807, 2.05) is 13.8 Å². The van der Waals surface area contributed by atoms with Crippen LogP contribution in [0.1, 0.15) is 58.2 Å². The molecule has 1 fully saturated rings. The number of aliphatic hydroxyl groups is 1. The zero-order valence-corrected chi connectivity index (χ0v) is 20.4. The predicted molar refractivity (Wildman–Crippen MR) is 124 cm³/mol. The number of nitrogens with zero attached hydrogens (tertiary/aromatic N) is 1. The maximum atomic E-state index is 15.2. The normalized spacial score (nSPS) is 19.3. The fourth-order valence-corrected chi connectivity index (χ4v) is 4.06. The van der Waals surface area contributed by atoms with Gasteiger partial charge in [-0.2, -0.15) is 0 Å². The molecule has 29 heavy (non-hydrogen) atoms. The molecule has 1 aromatic heterocycles. The van der Waals surface area contributed by atoms with E-state index in [4.69, 9.17) is 4.18 Å². The van der Waals surface area contributed by atoms with Crippen LogP contribution >= 0.6 is 30.4 Å². The van der Waals surface area contributed by atoms with Gasteiger partial charge in [-0.05, 0) is 62.4 Å². The van der Waals surface area contributed by atoms with Gasteiger partial charge in [-0.3, -0.25) is 0 Å². The van der Waals surface area contributed by atoms with E-state index >= 15 is 4.39 Å². The summed E-state index contributed by atoms with van der Waals surface area (Å²) in [5.74, 6) is 0.0229. The second-order valence-corrected chi connectivity index (χ2v) is 9.09. The summed E-state index contributed by atoms with van der Waals surface area (Å²) in [6.45, 7) is 9.75. The Balaban J connectivity index is 0.00000145. The molecule has 1 aromatic carbocycles. The van der Waals surface area contributed by atoms with Gasteiger partial charge in [0.05, 0.1) is 21.4 Å². The van der Waals surface area contributed by atoms with Crippen molar-refractivity contribution in [1.82, 2.24) is 4.98 Å². The lowest BCUT2D eigenvalue weighted by molar-refractivity contribution is 0.0743. The van der Waals surface area contributed by atoms with Crippen molar-refractivity contribution in [2.75, 3.05) is 6.61 Å². The molecule has 0 bridgehead atoms. The number of aromatic nitrogens is 1. The largest absolute Gasteiger partial charge is 0.386 e. The van der Waals surface area contributed by atoms with Crippen LogP contribution in [0.5, 0.6) is 0 Å². The minimum absolute atomic E-state index is 0.0168. The van der Waals surface area contributed by atoms with Gasteiger partial charge in [-0.1, -0.05) is 20.8 Å². The van der Waals surface area contributed by atoms with Crippen molar-refractivity contribution in [3.05, 3.63) is 53.2 Å². The molecular weight excluding hydrogens is 507 g/mol. The number of halogens is 3. The molecule has 1 saturated carbocycles. The first-order chi connectivity index (χ1) is 13.7. The van der Waals surface area contributed by atoms with Crippen LogP contribution in [0.4, 0.5) is 8.78 Å². The van der Waals surface area contributed by atoms with Crippen LogP contribution < -0.4 is 0 Å². The van der Waals surface area contributed by atoms with Gasteiger partial charge in [0.15, 0.2) is 5.82 Å². The van der Waals surface area contributed by atoms with Crippen molar-refractivity contribution in [3.8, 4) is 11.3 Å². The molecule has 0 spiro atoms. The molecule has 1 heterocycles. The van der Waals surface area contributed by atoms with Gasteiger partial charge in [0.1, 0.15) is 11.5 Å². The summed E-state index contributed by atoms with van der Waals surface area (Å²) in [5, 5.41) is 10.5. The summed E-state index contributed by atoms with van der Waals surface area (Å²) in [6.07, 6.45) is 1.07. The second kappa shape index (κ2) is 10.5. The topological polar surface area (TPSA) is 42.4 Å². The number of hydrogen-bond donors (Lipinski definition) is 1. The fourth-order valence-electron chi connectivity index (χ4n) is 3.42. The lowest BCUT2D eigenvalue weighted by Crippen LogP contribution is -2.21. The van der Waals surface area contributed by atoms with E-state index in [0.29, 0.717) is 29.7 Å². The molecule has 0 saturated heterocycles. The summed E-state index contributed by atoms with van der Waals surface area (Å²) in [6, 6.07) is 7.22. The minimum atomic E-state index is -1.37. The molecule has 3 atom stereocenters. The maximum Gasteiger partial charge on any atom is 0.155 e. The van der Waals surface area contributed by atoms with E-state index in [0.717, 1.165) is 6.42 Å². The molecule has 0 aliphatic heterocycles. The second-order valence-electron chi connectivity index (χ2n) is 7.65. The van der Waals surface area contributed by atoms with Crippen molar-refractivity contribution < 1.29 is 18.1 Å². The molecule has 1 aliphatic rings. The minimum Gasteiger partial charge on any atom is -0.386 e. The lowest BCUT2D eigenvalue weighted by atomic mass is 9.90. The highest BCUT2D eigenvalue weighted by atomic mass is 127. The monoisotopic (exact) mass is 535 g/mol. The Labute approximate surface area is 188 Å². The molecule has 0 radical (unpaired) electrons. The molecule has 1 aliphatic carbocycles. The summed E-state index contributed by atoms with van der Waals surface area (Å²) >= 11 is 2.07. The molecule has 160 valence electrons. The Morgan fingerprint density at radius 2 is 1.86 bits per heavy atom. The van der Waals surface area contributed by atoms with E-state index in [-0.39, 0.29) is 17.2 Å². The highest BCUT2D eigenvalue weighted by Gasteiger charge is 2.42.